The molecule has 0 amide bonds. The number of esters is 1. The lowest BCUT2D eigenvalue weighted by atomic mass is 10.2. The van der Waals surface area contributed by atoms with Crippen molar-refractivity contribution in [2.75, 3.05) is 12.4 Å². The monoisotopic (exact) mass is 383 g/mol. The Morgan fingerprint density at radius 2 is 1.93 bits per heavy atom. The minimum atomic E-state index is -0.471. The molecule has 0 saturated carbocycles. The van der Waals surface area contributed by atoms with Crippen molar-refractivity contribution in [3.05, 3.63) is 83.9 Å². The van der Waals surface area contributed by atoms with Crippen LogP contribution in [0.2, 0.25) is 0 Å². The number of thioether (sulfide) groups is 1. The summed E-state index contributed by atoms with van der Waals surface area (Å²) in [5.74, 6) is -0.262. The Balaban J connectivity index is 1.41. The predicted octanol–water partition coefficient (Wildman–Crippen LogP) is 3.81. The lowest BCUT2D eigenvalue weighted by molar-refractivity contribution is -0.137. The molecule has 0 aliphatic rings. The number of halogens is 1. The largest absolute Gasteiger partial charge is 0.462 e. The van der Waals surface area contributed by atoms with E-state index in [9.17, 15) is 9.18 Å². The van der Waals surface area contributed by atoms with Crippen LogP contribution in [0, 0.1) is 5.82 Å². The average molecular weight is 383 g/mol. The Hall–Kier alpha value is -2.93. The molecule has 0 N–H and O–H groups in total. The number of aromatic nitrogens is 3. The van der Waals surface area contributed by atoms with E-state index in [1.807, 2.05) is 30.3 Å². The van der Waals surface area contributed by atoms with E-state index >= 15 is 0 Å². The van der Waals surface area contributed by atoms with E-state index in [4.69, 9.17) is 4.74 Å². The van der Waals surface area contributed by atoms with E-state index in [2.05, 4.69) is 10.3 Å². The highest BCUT2D eigenvalue weighted by atomic mass is 32.2. The molecule has 1 heterocycles. The quantitative estimate of drug-likeness (QED) is 0.256. The minimum Gasteiger partial charge on any atom is -0.462 e. The first-order chi connectivity index (χ1) is 13.2. The lowest BCUT2D eigenvalue weighted by Crippen LogP contribution is -2.04. The van der Waals surface area contributed by atoms with Crippen LogP contribution in [-0.2, 0) is 16.1 Å². The first kappa shape index (κ1) is 18.8. The van der Waals surface area contributed by atoms with Crippen LogP contribution in [0.1, 0.15) is 11.3 Å². The van der Waals surface area contributed by atoms with E-state index < -0.39 is 5.97 Å². The summed E-state index contributed by atoms with van der Waals surface area (Å²) >= 11 is 1.31. The second-order valence-electron chi connectivity index (χ2n) is 5.61. The van der Waals surface area contributed by atoms with Gasteiger partial charge in [0.25, 0.3) is 0 Å². The van der Waals surface area contributed by atoms with Crippen LogP contribution in [0.5, 0.6) is 0 Å². The van der Waals surface area contributed by atoms with Gasteiger partial charge in [-0.25, -0.2) is 13.9 Å². The molecule has 0 radical (unpaired) electrons. The topological polar surface area (TPSA) is 57.0 Å². The molecule has 3 rings (SSSR count). The van der Waals surface area contributed by atoms with Crippen molar-refractivity contribution in [1.29, 1.82) is 0 Å². The third kappa shape index (κ3) is 6.07. The molecule has 0 bridgehead atoms. The van der Waals surface area contributed by atoms with Crippen LogP contribution < -0.4 is 0 Å². The van der Waals surface area contributed by atoms with Crippen LogP contribution in [0.4, 0.5) is 4.39 Å². The third-order valence-corrected chi connectivity index (χ3v) is 4.57. The number of carbonyl (C=O) groups is 1. The van der Waals surface area contributed by atoms with Gasteiger partial charge in [-0.3, -0.25) is 0 Å². The average Bonchev–Trinajstić information content (AvgIpc) is 3.13. The van der Waals surface area contributed by atoms with Crippen LogP contribution in [0.3, 0.4) is 0 Å². The van der Waals surface area contributed by atoms with Crippen molar-refractivity contribution in [3.8, 4) is 0 Å². The number of hydrogen-bond acceptors (Lipinski definition) is 5. The molecule has 0 unspecified atom stereocenters. The predicted molar refractivity (Wildman–Crippen MR) is 103 cm³/mol. The second-order valence-corrected chi connectivity index (χ2v) is 6.74. The van der Waals surface area contributed by atoms with Crippen molar-refractivity contribution < 1.29 is 13.9 Å². The summed E-state index contributed by atoms with van der Waals surface area (Å²) in [6.45, 7) is 0.808. The summed E-state index contributed by atoms with van der Waals surface area (Å²) in [5, 5.41) is 8.03. The molecule has 0 aliphatic heterocycles. The van der Waals surface area contributed by atoms with E-state index in [0.29, 0.717) is 22.9 Å². The molecule has 0 saturated heterocycles. The first-order valence-corrected chi connectivity index (χ1v) is 9.35. The van der Waals surface area contributed by atoms with Gasteiger partial charge in [-0.1, -0.05) is 47.7 Å². The summed E-state index contributed by atoms with van der Waals surface area (Å²) in [6.07, 6.45) is 4.62. The van der Waals surface area contributed by atoms with Crippen molar-refractivity contribution in [3.63, 3.8) is 0 Å². The highest BCUT2D eigenvalue weighted by Crippen LogP contribution is 2.20. The third-order valence-electron chi connectivity index (χ3n) is 3.56. The van der Waals surface area contributed by atoms with Crippen LogP contribution in [0.15, 0.2) is 71.8 Å². The summed E-state index contributed by atoms with van der Waals surface area (Å²) in [4.78, 5) is 12.3. The Bertz CT molecular complexity index is 912. The van der Waals surface area contributed by atoms with Gasteiger partial charge in [0.1, 0.15) is 18.1 Å². The summed E-state index contributed by atoms with van der Waals surface area (Å²) in [5.41, 5.74) is 1.69. The number of ether oxygens (including phenoxy) is 1. The van der Waals surface area contributed by atoms with Crippen molar-refractivity contribution in [2.45, 2.75) is 11.4 Å². The lowest BCUT2D eigenvalue weighted by Gasteiger charge is -2.03. The van der Waals surface area contributed by atoms with Crippen LogP contribution >= 0.6 is 11.8 Å². The molecule has 0 atom stereocenters. The second kappa shape index (κ2) is 9.68. The van der Waals surface area contributed by atoms with Gasteiger partial charge < -0.3 is 4.74 Å². The maximum Gasteiger partial charge on any atom is 0.330 e. The smallest absolute Gasteiger partial charge is 0.330 e. The van der Waals surface area contributed by atoms with Gasteiger partial charge >= 0.3 is 5.97 Å². The zero-order chi connectivity index (χ0) is 18.9. The van der Waals surface area contributed by atoms with Crippen LogP contribution in [-0.4, -0.2) is 33.3 Å². The van der Waals surface area contributed by atoms with Gasteiger partial charge in [-0.2, -0.15) is 0 Å². The van der Waals surface area contributed by atoms with Crippen molar-refractivity contribution >= 4 is 23.8 Å². The maximum absolute atomic E-state index is 13.5. The van der Waals surface area contributed by atoms with E-state index in [1.54, 1.807) is 35.2 Å². The van der Waals surface area contributed by atoms with Gasteiger partial charge in [0.05, 0.1) is 12.7 Å². The molecule has 0 fully saturated rings. The molecule has 1 aromatic heterocycles. The Morgan fingerprint density at radius 3 is 2.74 bits per heavy atom. The Kier molecular flexibility index (Phi) is 6.76. The highest BCUT2D eigenvalue weighted by Gasteiger charge is 2.03. The molecule has 0 spiro atoms. The van der Waals surface area contributed by atoms with E-state index in [1.165, 1.54) is 23.9 Å². The maximum atomic E-state index is 13.5. The van der Waals surface area contributed by atoms with Gasteiger partial charge in [0.2, 0.25) is 0 Å². The zero-order valence-corrected chi connectivity index (χ0v) is 15.3. The van der Waals surface area contributed by atoms with Gasteiger partial charge in [0.15, 0.2) is 0 Å². The Labute approximate surface area is 160 Å². The SMILES string of the molecule is O=C(/C=C/c1cn(Cc2ccccc2)nn1)OCCSc1ccccc1F. The van der Waals surface area contributed by atoms with Crippen LogP contribution in [0.25, 0.3) is 6.08 Å². The molecule has 27 heavy (non-hydrogen) atoms. The van der Waals surface area contributed by atoms with Gasteiger partial charge in [-0.05, 0) is 23.8 Å². The van der Waals surface area contributed by atoms with Gasteiger partial charge in [-0.15, -0.1) is 16.9 Å². The molecular weight excluding hydrogens is 365 g/mol. The summed E-state index contributed by atoms with van der Waals surface area (Å²) in [6, 6.07) is 16.4. The number of carbonyl (C=O) groups excluding carboxylic acids is 1. The Morgan fingerprint density at radius 1 is 1.15 bits per heavy atom. The van der Waals surface area contributed by atoms with Crippen molar-refractivity contribution in [2.24, 2.45) is 0 Å². The molecular formula is C20H18FN3O2S. The number of benzene rings is 2. The molecule has 5 nitrogen and oxygen atoms in total. The highest BCUT2D eigenvalue weighted by molar-refractivity contribution is 7.99. The number of rotatable bonds is 8. The fourth-order valence-electron chi connectivity index (χ4n) is 2.29. The standard InChI is InChI=1S/C20H18FN3O2S/c21-18-8-4-5-9-19(18)27-13-12-26-20(25)11-10-17-15-24(23-22-17)14-16-6-2-1-3-7-16/h1-11,15H,12-14H2/b11-10+. The normalized spacial score (nSPS) is 11.0. The molecule has 0 aliphatic carbocycles. The molecule has 2 aromatic carbocycles. The molecule has 138 valence electrons. The fraction of sp³-hybridized carbons (Fsp3) is 0.150. The van der Waals surface area contributed by atoms with E-state index in [0.717, 1.165) is 5.56 Å². The molecule has 7 heteroatoms. The summed E-state index contributed by atoms with van der Waals surface area (Å²) < 4.78 is 20.3. The van der Waals surface area contributed by atoms with Crippen molar-refractivity contribution in [1.82, 2.24) is 15.0 Å². The summed E-state index contributed by atoms with van der Waals surface area (Å²) in [7, 11) is 0. The first-order valence-electron chi connectivity index (χ1n) is 8.37. The zero-order valence-electron chi connectivity index (χ0n) is 14.5. The number of nitrogens with zero attached hydrogens (tertiary/aromatic N) is 3. The minimum absolute atomic E-state index is 0.197. The molecule has 3 aromatic rings. The van der Waals surface area contributed by atoms with Gasteiger partial charge in [0, 0.05) is 16.7 Å². The number of hydrogen-bond donors (Lipinski definition) is 0. The van der Waals surface area contributed by atoms with E-state index in [-0.39, 0.29) is 12.4 Å². The fourth-order valence-corrected chi connectivity index (χ4v) is 3.06.